The zero-order valence-electron chi connectivity index (χ0n) is 73.3. The minimum absolute atomic E-state index is 0. The Hall–Kier alpha value is -12.6. The van der Waals surface area contributed by atoms with Crippen molar-refractivity contribution in [3.05, 3.63) is 286 Å². The normalized spacial score (nSPS) is 12.1. The number of fused-ring (bicyclic) bond motifs is 12. The van der Waals surface area contributed by atoms with Gasteiger partial charge in [-0.05, 0) is 169 Å². The molecule has 0 aromatic heterocycles. The molecule has 26 nitrogen and oxygen atoms in total. The molecule has 127 heavy (non-hydrogen) atoms. The van der Waals surface area contributed by atoms with Crippen molar-refractivity contribution < 1.29 is 29.3 Å². The Labute approximate surface area is 769 Å². The van der Waals surface area contributed by atoms with Crippen LogP contribution in [0.4, 0.5) is 96.7 Å². The molecule has 0 saturated carbocycles. The van der Waals surface area contributed by atoms with Gasteiger partial charge in [-0.3, -0.25) is 59.8 Å². The fraction of sp³-hybridized carbons (Fsp3) is 0.213. The molecular weight excluding hydrogens is 1740 g/mol. The Morgan fingerprint density at radius 1 is 0.339 bits per heavy atom. The molecule has 11 aromatic carbocycles. The molecule has 18 rings (SSSR count). The molecule has 7 aliphatic rings. The first-order valence-electron chi connectivity index (χ1n) is 39.7. The van der Waals surface area contributed by atoms with E-state index in [1.807, 2.05) is 63.8 Å². The van der Waals surface area contributed by atoms with E-state index >= 15 is 0 Å². The van der Waals surface area contributed by atoms with Crippen LogP contribution in [-0.2, 0) is 22.4 Å². The van der Waals surface area contributed by atoms with Crippen molar-refractivity contribution in [1.29, 1.82) is 0 Å². The fourth-order valence-corrected chi connectivity index (χ4v) is 20.6. The summed E-state index contributed by atoms with van der Waals surface area (Å²) < 4.78 is 3.34. The third-order valence-electron chi connectivity index (χ3n) is 21.0. The van der Waals surface area contributed by atoms with Gasteiger partial charge in [0.2, 0.25) is 17.2 Å². The second kappa shape index (κ2) is 40.0. The smallest absolute Gasteiger partial charge is 0.270 e. The molecule has 0 radical (unpaired) electrons. The number of hydrogen-bond acceptors (Lipinski definition) is 25. The van der Waals surface area contributed by atoms with Crippen LogP contribution in [0.2, 0.25) is 0 Å². The second-order valence-electron chi connectivity index (χ2n) is 31.5. The highest BCUT2D eigenvalue weighted by Crippen LogP contribution is 2.54. The van der Waals surface area contributed by atoms with Crippen LogP contribution in [0.5, 0.6) is 0 Å². The third-order valence-corrected chi connectivity index (χ3v) is 27.7. The average molecular weight is 1840 g/mol. The SMILES string of the molecule is CC(=O)N1c2ccc(N(C)C)cc2Sc2cc(N(C)C)ccc21.CC(=O)N1c2ccc([N+](=O)[O-])cc2Sc2cc([N+](=O)[O-])ccc21.CN(C)c1ccc2c(c1)Sc1cc(N(C)C)ccc1C2.CN(C)c1ccc2c(c1)Sc1cc(N(C)C)ccc1C2.CN(C)c1ccc2nc3ccc(=[N+](C)C)cc-3sc2c1.Cl.O=[N+]([O-])c1ccc2c(c1)Sc1cc([N+](=O)[O-])ccc1N2. The molecule has 0 unspecified atom stereocenters. The summed E-state index contributed by atoms with van der Waals surface area (Å²) in [5, 5.41) is 47.7. The van der Waals surface area contributed by atoms with Crippen LogP contribution in [0.3, 0.4) is 0 Å². The zero-order chi connectivity index (χ0) is 90.5. The minimum Gasteiger partial charge on any atom is -0.378 e. The number of halogens is 1. The van der Waals surface area contributed by atoms with E-state index in [0.717, 1.165) is 79.7 Å². The van der Waals surface area contributed by atoms with Crippen LogP contribution in [0.1, 0.15) is 36.1 Å². The van der Waals surface area contributed by atoms with E-state index in [0.29, 0.717) is 31.0 Å². The molecule has 0 atom stereocenters. The van der Waals surface area contributed by atoms with Crippen molar-refractivity contribution in [2.45, 2.75) is 75.6 Å². The number of amides is 2. The molecule has 1 aliphatic carbocycles. The molecule has 6 heterocycles. The largest absolute Gasteiger partial charge is 0.378 e. The summed E-state index contributed by atoms with van der Waals surface area (Å²) in [6.07, 6.45) is 2.08. The third kappa shape index (κ3) is 21.6. The van der Waals surface area contributed by atoms with Gasteiger partial charge in [0.05, 0.1) is 74.6 Å². The number of aromatic nitrogens is 1. The lowest BCUT2D eigenvalue weighted by atomic mass is 10.0. The number of nitrogens with one attached hydrogen (secondary N) is 1. The number of carbonyl (C=O) groups excluding carboxylic acids is 2. The predicted octanol–water partition coefficient (Wildman–Crippen LogP) is 22.0. The van der Waals surface area contributed by atoms with E-state index in [4.69, 9.17) is 4.98 Å². The summed E-state index contributed by atoms with van der Waals surface area (Å²) >= 11 is 9.74. The summed E-state index contributed by atoms with van der Waals surface area (Å²) in [5.41, 5.74) is 20.6. The van der Waals surface area contributed by atoms with E-state index in [9.17, 15) is 50.0 Å². The molecule has 0 spiro atoms. The maximum Gasteiger partial charge on any atom is 0.270 e. The highest BCUT2D eigenvalue weighted by Gasteiger charge is 2.32. The Morgan fingerprint density at radius 2 is 0.614 bits per heavy atom. The summed E-state index contributed by atoms with van der Waals surface area (Å²) in [4.78, 5) is 99.8. The van der Waals surface area contributed by atoms with E-state index < -0.39 is 19.7 Å². The topological polar surface area (TPSA) is 264 Å². The van der Waals surface area contributed by atoms with Crippen LogP contribution in [0.15, 0.2) is 267 Å². The van der Waals surface area contributed by atoms with Crippen molar-refractivity contribution in [2.75, 3.05) is 162 Å². The van der Waals surface area contributed by atoms with Gasteiger partial charge in [-0.2, -0.15) is 0 Å². The van der Waals surface area contributed by atoms with Gasteiger partial charge in [-0.1, -0.05) is 83.1 Å². The van der Waals surface area contributed by atoms with E-state index in [2.05, 4.69) is 262 Å². The summed E-state index contributed by atoms with van der Waals surface area (Å²) in [6, 6.07) is 69.7. The Morgan fingerprint density at radius 3 is 0.937 bits per heavy atom. The van der Waals surface area contributed by atoms with Gasteiger partial charge in [0.1, 0.15) is 14.1 Å². The Bertz CT molecular complexity index is 6100. The van der Waals surface area contributed by atoms with Crippen LogP contribution < -0.4 is 59.3 Å². The van der Waals surface area contributed by atoms with E-state index in [1.165, 1.54) is 169 Å². The van der Waals surface area contributed by atoms with Crippen molar-refractivity contribution in [2.24, 2.45) is 0 Å². The first-order valence-corrected chi connectivity index (χ1v) is 44.6. The van der Waals surface area contributed by atoms with Crippen LogP contribution in [-0.4, -0.2) is 149 Å². The predicted molar refractivity (Wildman–Crippen MR) is 527 cm³/mol. The first kappa shape index (κ1) is 93.6. The van der Waals surface area contributed by atoms with Gasteiger partial charge in [0.15, 0.2) is 0 Å². The zero-order valence-corrected chi connectivity index (χ0v) is 79.1. The van der Waals surface area contributed by atoms with Crippen LogP contribution in [0, 0.1) is 40.5 Å². The minimum atomic E-state index is -0.526. The van der Waals surface area contributed by atoms with E-state index in [-0.39, 0.29) is 47.0 Å². The number of benzene rings is 12. The van der Waals surface area contributed by atoms with Gasteiger partial charge in [-0.15, -0.1) is 23.7 Å². The number of rotatable bonds is 11. The Balaban J connectivity index is 0.000000138. The number of non-ortho nitro benzene ring substituents is 4. The summed E-state index contributed by atoms with van der Waals surface area (Å²) in [7, 11) is 33.1. The standard InChI is InChI=1S/C18H21N3OS.2C17H20N2S.C16H18N3S.C14H9N3O5S.C12H7N3O4S.ClH/c1-12(22)21-15-8-6-13(19(2)3)10-17(15)23-18-11-14(20(4)5)7-9-16(18)21;2*1-18(2)14-7-5-12-9-13-6-8-15(19(3)4)11-17(13)20-16(12)10-14;1-18(2)11-5-7-13-15(9-11)20-16-10-12(19(3)4)6-8-14(16)17-13;1-8(18)15-11-4-2-9(16(19)20)6-13(11)23-14-7-10(17(21)22)3-5-12(14)15;16-14(17)7-1-3-9-11(5-7)20-12-6-8(15(18)19)2-4-10(12)13-9;/h6-11H,1-5H3;2*5-8,10-11H,9H2,1-4H3;5-10H,1-4H3;2-7H,1H3;1-6,13H;1H/q;;;+1;;;. The monoisotopic (exact) mass is 1840 g/mol. The molecule has 11 aromatic rings. The van der Waals surface area contributed by atoms with Gasteiger partial charge in [0.25, 0.3) is 22.7 Å². The van der Waals surface area contributed by atoms with Crippen molar-refractivity contribution >= 4 is 201 Å². The van der Waals surface area contributed by atoms with Crippen LogP contribution in [0.25, 0.3) is 20.8 Å². The maximum absolute atomic E-state index is 12.3. The summed E-state index contributed by atoms with van der Waals surface area (Å²) in [5.74, 6) is -0.251. The molecular formula is C94H96ClN16O10S6+. The highest BCUT2D eigenvalue weighted by atomic mass is 35.5. The molecule has 0 fully saturated rings. The number of anilines is 13. The molecule has 33 heteroatoms. The molecule has 0 saturated heterocycles. The fourth-order valence-electron chi connectivity index (χ4n) is 14.0. The van der Waals surface area contributed by atoms with Crippen molar-refractivity contribution in [3.63, 3.8) is 0 Å². The molecule has 6 aliphatic heterocycles. The average Bonchev–Trinajstić information content (AvgIpc) is 0.760. The molecule has 0 bridgehead atoms. The van der Waals surface area contributed by atoms with Crippen LogP contribution >= 0.6 is 82.6 Å². The lowest BCUT2D eigenvalue weighted by molar-refractivity contribution is -0.385. The molecule has 2 amide bonds. The van der Waals surface area contributed by atoms with E-state index in [1.54, 1.807) is 47.1 Å². The first-order chi connectivity index (χ1) is 59.9. The van der Waals surface area contributed by atoms with Gasteiger partial charge < -0.3 is 39.6 Å². The van der Waals surface area contributed by atoms with Gasteiger partial charge >= 0.3 is 0 Å². The number of nitro groups is 4. The highest BCUT2D eigenvalue weighted by molar-refractivity contribution is 8.00. The lowest BCUT2D eigenvalue weighted by Crippen LogP contribution is -2.26. The number of nitrogens with zero attached hydrogens (tertiary/aromatic N) is 15. The van der Waals surface area contributed by atoms with Gasteiger partial charge in [-0.25, -0.2) is 9.56 Å². The quantitative estimate of drug-likeness (QED) is 0.0546. The number of nitro benzene ring substituents is 4. The number of carbonyl (C=O) groups is 2. The maximum atomic E-state index is 12.3. The number of hydrogen-bond donors (Lipinski definition) is 1. The summed E-state index contributed by atoms with van der Waals surface area (Å²) in [6.45, 7) is 2.98. The van der Waals surface area contributed by atoms with Crippen molar-refractivity contribution in [1.82, 2.24) is 9.56 Å². The van der Waals surface area contributed by atoms with Crippen molar-refractivity contribution in [3.8, 4) is 10.6 Å². The van der Waals surface area contributed by atoms with Gasteiger partial charge in [0, 0.05) is 262 Å². The second-order valence-corrected chi connectivity index (χ2v) is 38.0. The lowest BCUT2D eigenvalue weighted by Gasteiger charge is -2.32. The molecule has 654 valence electrons. The Kier molecular flexibility index (Phi) is 29.5. The molecule has 1 N–H and O–H groups in total.